The van der Waals surface area contributed by atoms with Crippen LogP contribution in [0.2, 0.25) is 0 Å². The number of ether oxygens (including phenoxy) is 2. The third kappa shape index (κ3) is 6.81. The van der Waals surface area contributed by atoms with E-state index in [2.05, 4.69) is 28.4 Å². The highest BCUT2D eigenvalue weighted by Crippen LogP contribution is 2.45. The topological polar surface area (TPSA) is 135 Å². The number of fused-ring (bicyclic) bond motifs is 3. The molecule has 0 saturated carbocycles. The average Bonchev–Trinajstić information content (AvgIpc) is 3.72. The Morgan fingerprint density at radius 3 is 2.74 bits per heavy atom. The summed E-state index contributed by atoms with van der Waals surface area (Å²) in [6, 6.07) is 2.53. The summed E-state index contributed by atoms with van der Waals surface area (Å²) in [5.41, 5.74) is 4.02. The number of nitrogens with zero attached hydrogens (tertiary/aromatic N) is 7. The van der Waals surface area contributed by atoms with Gasteiger partial charge in [-0.1, -0.05) is 18.1 Å². The van der Waals surface area contributed by atoms with Crippen LogP contribution in [-0.2, 0) is 37.0 Å². The second-order valence-corrected chi connectivity index (χ2v) is 14.9. The van der Waals surface area contributed by atoms with Gasteiger partial charge in [-0.15, -0.1) is 5.92 Å². The summed E-state index contributed by atoms with van der Waals surface area (Å²) in [4.78, 5) is 27.9. The van der Waals surface area contributed by atoms with Crippen LogP contribution in [-0.4, -0.2) is 92.0 Å². The molecule has 3 atom stereocenters. The molecule has 3 N–H and O–H groups in total. The van der Waals surface area contributed by atoms with Gasteiger partial charge in [-0.2, -0.15) is 28.2 Å². The van der Waals surface area contributed by atoms with Crippen molar-refractivity contribution in [2.24, 2.45) is 0 Å². The van der Waals surface area contributed by atoms with Crippen molar-refractivity contribution >= 4 is 17.4 Å². The molecule has 2 aromatic heterocycles. The molecule has 6 heterocycles. The quantitative estimate of drug-likeness (QED) is 0.164. The Labute approximate surface area is 304 Å². The largest absolute Gasteiger partial charge is 0.461 e. The van der Waals surface area contributed by atoms with E-state index in [-0.39, 0.29) is 62.4 Å². The minimum atomic E-state index is -4.97. The molecule has 0 aliphatic carbocycles. The summed E-state index contributed by atoms with van der Waals surface area (Å²) >= 11 is 0. The molecule has 4 aliphatic heterocycles. The van der Waals surface area contributed by atoms with Crippen molar-refractivity contribution < 1.29 is 36.9 Å². The molecule has 2 fully saturated rings. The van der Waals surface area contributed by atoms with Crippen molar-refractivity contribution in [3.63, 3.8) is 0 Å². The number of anilines is 2. The van der Waals surface area contributed by atoms with Crippen molar-refractivity contribution in [1.82, 2.24) is 29.5 Å². The molecule has 1 amide bonds. The second kappa shape index (κ2) is 13.3. The Hall–Kier alpha value is -4.72. The third-order valence-corrected chi connectivity index (χ3v) is 10.4. The van der Waals surface area contributed by atoms with E-state index in [1.807, 2.05) is 0 Å². The molecule has 1 aromatic carbocycles. The molecular weight excluding hydrogens is 696 g/mol. The number of hydrogen-bond donors (Lipinski definition) is 2. The molecule has 16 heteroatoms. The van der Waals surface area contributed by atoms with Gasteiger partial charge in [0.25, 0.3) is 5.91 Å². The average molecular weight is 739 g/mol. The first-order valence-electron chi connectivity index (χ1n) is 17.4. The number of nitrogens with two attached hydrogens (primary N) is 1. The molecule has 0 radical (unpaired) electrons. The zero-order valence-corrected chi connectivity index (χ0v) is 30.1. The molecule has 7 rings (SSSR count). The number of carbonyl (C=O) groups excluding carboxylic acids is 1. The molecule has 12 nitrogen and oxygen atoms in total. The van der Waals surface area contributed by atoms with Crippen LogP contribution in [0.1, 0.15) is 83.3 Å². The molecular formula is C37H42F4N8O4. The molecule has 3 aromatic rings. The van der Waals surface area contributed by atoms with Gasteiger partial charge in [0.15, 0.2) is 11.5 Å². The fourth-order valence-electron chi connectivity index (χ4n) is 8.17. The maximum atomic E-state index is 15.8. The summed E-state index contributed by atoms with van der Waals surface area (Å²) in [5.74, 6) is 3.67. The molecule has 282 valence electrons. The van der Waals surface area contributed by atoms with Crippen molar-refractivity contribution in [3.8, 4) is 17.9 Å². The van der Waals surface area contributed by atoms with Crippen LogP contribution < -0.4 is 15.4 Å². The van der Waals surface area contributed by atoms with Gasteiger partial charge in [0.05, 0.1) is 66.1 Å². The van der Waals surface area contributed by atoms with Gasteiger partial charge in [0, 0.05) is 43.8 Å². The Balaban J connectivity index is 1.32. The van der Waals surface area contributed by atoms with Gasteiger partial charge in [-0.05, 0) is 51.8 Å². The van der Waals surface area contributed by atoms with Gasteiger partial charge in [0.2, 0.25) is 0 Å². The number of nitrogen functional groups attached to an aromatic ring is 1. The van der Waals surface area contributed by atoms with E-state index >= 15 is 4.39 Å². The molecule has 0 bridgehead atoms. The van der Waals surface area contributed by atoms with E-state index in [0.29, 0.717) is 22.8 Å². The Kier molecular flexibility index (Phi) is 9.19. The zero-order chi connectivity index (χ0) is 38.0. The number of rotatable bonds is 6. The smallest absolute Gasteiger partial charge is 0.418 e. The number of hydrogen-bond acceptors (Lipinski definition) is 10. The monoisotopic (exact) mass is 738 g/mol. The molecule has 4 aliphatic rings. The summed E-state index contributed by atoms with van der Waals surface area (Å²) in [6.45, 7) is 9.17. The van der Waals surface area contributed by atoms with Crippen LogP contribution in [0.15, 0.2) is 24.3 Å². The number of alkyl halides is 3. The third-order valence-electron chi connectivity index (χ3n) is 10.4. The van der Waals surface area contributed by atoms with Gasteiger partial charge < -0.3 is 30.1 Å². The predicted octanol–water partition coefficient (Wildman–Crippen LogP) is 4.24. The Bertz CT molecular complexity index is 2050. The minimum Gasteiger partial charge on any atom is -0.461 e. The van der Waals surface area contributed by atoms with Crippen molar-refractivity contribution in [3.05, 3.63) is 69.4 Å². The van der Waals surface area contributed by atoms with Crippen molar-refractivity contribution in [1.29, 1.82) is 0 Å². The summed E-state index contributed by atoms with van der Waals surface area (Å²) in [6.07, 6.45) is -4.01. The highest BCUT2D eigenvalue weighted by atomic mass is 19.4. The zero-order valence-electron chi connectivity index (χ0n) is 30.1. The lowest BCUT2D eigenvalue weighted by Gasteiger charge is -2.34. The fourth-order valence-corrected chi connectivity index (χ4v) is 8.17. The number of β-amino-alcohol motifs (C(OH)–C–C–N with tert-alkyl or cyclic N) is 1. The van der Waals surface area contributed by atoms with Gasteiger partial charge in [0.1, 0.15) is 12.4 Å². The lowest BCUT2D eigenvalue weighted by Crippen LogP contribution is -2.44. The van der Waals surface area contributed by atoms with E-state index < -0.39 is 46.1 Å². The normalized spacial score (nSPS) is 24.2. The number of carbonyl (C=O) groups is 1. The number of benzene rings is 1. The number of aliphatic hydroxyl groups is 1. The van der Waals surface area contributed by atoms with Crippen LogP contribution in [0.25, 0.3) is 0 Å². The predicted molar refractivity (Wildman–Crippen MR) is 186 cm³/mol. The first-order chi connectivity index (χ1) is 25.0. The van der Waals surface area contributed by atoms with Crippen molar-refractivity contribution in [2.45, 2.75) is 82.6 Å². The molecule has 3 unspecified atom stereocenters. The van der Waals surface area contributed by atoms with E-state index in [9.17, 15) is 23.1 Å². The summed E-state index contributed by atoms with van der Waals surface area (Å²) in [7, 11) is 3.24. The van der Waals surface area contributed by atoms with Gasteiger partial charge >= 0.3 is 12.2 Å². The number of amides is 1. The minimum absolute atomic E-state index is 0.0133. The number of aromatic nitrogens is 4. The second-order valence-electron chi connectivity index (χ2n) is 14.9. The SMILES string of the molecule is C=C1CN2CCCC2(COc2nc3c(c(N4Cc5cc(C(=O)N(C)C)nn5CC(C)(O)C4)n2)COC(c2c(F)c(N)cc(C#CC)c2C(F)(F)F)C3)C1. The summed E-state index contributed by atoms with van der Waals surface area (Å²) in [5, 5.41) is 16.0. The molecule has 0 spiro atoms. The van der Waals surface area contributed by atoms with Gasteiger partial charge in [-0.3, -0.25) is 14.4 Å². The van der Waals surface area contributed by atoms with E-state index in [4.69, 9.17) is 25.2 Å². The van der Waals surface area contributed by atoms with Crippen molar-refractivity contribution in [2.75, 3.05) is 51.0 Å². The van der Waals surface area contributed by atoms with Crippen LogP contribution >= 0.6 is 0 Å². The molecule has 2 saturated heterocycles. The van der Waals surface area contributed by atoms with Crippen LogP contribution in [0, 0.1) is 17.7 Å². The maximum Gasteiger partial charge on any atom is 0.418 e. The van der Waals surface area contributed by atoms with Crippen LogP contribution in [0.3, 0.4) is 0 Å². The summed E-state index contributed by atoms with van der Waals surface area (Å²) < 4.78 is 73.7. The van der Waals surface area contributed by atoms with E-state index in [0.717, 1.165) is 44.0 Å². The first-order valence-corrected chi connectivity index (χ1v) is 17.4. The Morgan fingerprint density at radius 2 is 2.02 bits per heavy atom. The van der Waals surface area contributed by atoms with Gasteiger partial charge in [-0.25, -0.2) is 4.39 Å². The number of halogens is 4. The van der Waals surface area contributed by atoms with E-state index in [1.54, 1.807) is 36.7 Å². The lowest BCUT2D eigenvalue weighted by molar-refractivity contribution is -0.140. The standard InChI is InChI=1S/C37H42F4N8O4/c1-6-8-22-11-25(42)31(38)29(30(22)37(39,40)41)28-13-26-24(17-52-28)32(44-34(43-26)53-20-36-9-7-10-48(36)15-21(2)14-36)47-16-23-12-27(33(50)46(4)5)45-49(23)19-35(3,51)18-47/h11-12,28,51H,2,7,9-10,13-20,42H2,1,3-5H3. The highest BCUT2D eigenvalue weighted by molar-refractivity contribution is 5.92. The lowest BCUT2D eigenvalue weighted by atomic mass is 9.90. The first kappa shape index (κ1) is 36.6. The Morgan fingerprint density at radius 1 is 1.25 bits per heavy atom. The van der Waals surface area contributed by atoms with Crippen LogP contribution in [0.5, 0.6) is 6.01 Å². The maximum absolute atomic E-state index is 15.8. The van der Waals surface area contributed by atoms with Crippen LogP contribution in [0.4, 0.5) is 29.1 Å². The highest BCUT2D eigenvalue weighted by Gasteiger charge is 2.47. The van der Waals surface area contributed by atoms with E-state index in [1.165, 1.54) is 11.8 Å². The fraction of sp³-hybridized carbons (Fsp3) is 0.514. The molecule has 53 heavy (non-hydrogen) atoms.